The van der Waals surface area contributed by atoms with Crippen molar-refractivity contribution in [2.24, 2.45) is 0 Å². The second-order valence-electron chi connectivity index (χ2n) is 6.33. The molecule has 2 heteroatoms. The molecule has 2 aliphatic rings. The van der Waals surface area contributed by atoms with Gasteiger partial charge in [0, 0.05) is 31.0 Å². The highest BCUT2D eigenvalue weighted by Gasteiger charge is 2.18. The van der Waals surface area contributed by atoms with E-state index >= 15 is 0 Å². The van der Waals surface area contributed by atoms with Gasteiger partial charge >= 0.3 is 0 Å². The zero-order valence-electron chi connectivity index (χ0n) is 12.7. The van der Waals surface area contributed by atoms with Crippen LogP contribution in [0.15, 0.2) is 36.4 Å². The normalized spacial score (nSPS) is 16.3. The number of nitrogens with one attached hydrogen (secondary N) is 1. The van der Waals surface area contributed by atoms with E-state index in [1.165, 1.54) is 59.4 Å². The van der Waals surface area contributed by atoms with Gasteiger partial charge in [0.25, 0.3) is 0 Å². The zero-order valence-corrected chi connectivity index (χ0v) is 12.7. The van der Waals surface area contributed by atoms with Gasteiger partial charge in [-0.05, 0) is 55.0 Å². The van der Waals surface area contributed by atoms with E-state index in [1.807, 2.05) is 0 Å². The molecule has 0 fully saturated rings. The molecule has 2 aliphatic heterocycles. The largest absolute Gasteiger partial charge is 0.384 e. The lowest BCUT2D eigenvalue weighted by atomic mass is 9.98. The van der Waals surface area contributed by atoms with E-state index < -0.39 is 0 Å². The van der Waals surface area contributed by atoms with Crippen LogP contribution in [0, 0.1) is 6.92 Å². The van der Waals surface area contributed by atoms with Crippen LogP contribution in [-0.2, 0) is 19.4 Å². The minimum Gasteiger partial charge on any atom is -0.384 e. The van der Waals surface area contributed by atoms with Gasteiger partial charge in [0.15, 0.2) is 0 Å². The molecule has 1 N–H and O–H groups in total. The van der Waals surface area contributed by atoms with Crippen molar-refractivity contribution < 1.29 is 0 Å². The van der Waals surface area contributed by atoms with Gasteiger partial charge in [-0.1, -0.05) is 29.8 Å². The van der Waals surface area contributed by atoms with E-state index in [9.17, 15) is 0 Å². The summed E-state index contributed by atoms with van der Waals surface area (Å²) in [5.41, 5.74) is 8.57. The van der Waals surface area contributed by atoms with E-state index in [0.29, 0.717) is 0 Å². The van der Waals surface area contributed by atoms with Crippen molar-refractivity contribution in [3.05, 3.63) is 58.7 Å². The van der Waals surface area contributed by atoms with Crippen molar-refractivity contribution >= 4 is 11.4 Å². The molecule has 2 aromatic rings. The molecule has 2 heterocycles. The highest BCUT2D eigenvalue weighted by molar-refractivity contribution is 5.59. The Morgan fingerprint density at radius 1 is 1.05 bits per heavy atom. The fourth-order valence-corrected chi connectivity index (χ4v) is 3.65. The molecule has 2 aromatic carbocycles. The summed E-state index contributed by atoms with van der Waals surface area (Å²) >= 11 is 0. The molecular formula is C19H22N2. The first-order chi connectivity index (χ1) is 10.3. The number of hydrogen-bond donors (Lipinski definition) is 1. The maximum Gasteiger partial charge on any atom is 0.0429 e. The summed E-state index contributed by atoms with van der Waals surface area (Å²) in [7, 11) is 0. The predicted molar refractivity (Wildman–Crippen MR) is 89.2 cm³/mol. The minimum atomic E-state index is 1.03. The molecular weight excluding hydrogens is 256 g/mol. The smallest absolute Gasteiger partial charge is 0.0429 e. The monoisotopic (exact) mass is 278 g/mol. The lowest BCUT2D eigenvalue weighted by Crippen LogP contribution is -2.28. The average molecular weight is 278 g/mol. The third-order valence-corrected chi connectivity index (χ3v) is 4.70. The Balaban J connectivity index is 1.61. The Labute approximate surface area is 126 Å². The van der Waals surface area contributed by atoms with Crippen LogP contribution in [0.5, 0.6) is 0 Å². The van der Waals surface area contributed by atoms with Crippen LogP contribution >= 0.6 is 0 Å². The molecule has 2 nitrogen and oxygen atoms in total. The van der Waals surface area contributed by atoms with Crippen molar-refractivity contribution in [2.45, 2.75) is 32.7 Å². The van der Waals surface area contributed by atoms with Gasteiger partial charge in [-0.25, -0.2) is 0 Å². The standard InChI is InChI=1S/C19H22N2/c1-14-4-7-19-17(11-14)3-2-10-21(19)13-15-5-6-18-16(12-15)8-9-20-18/h4-7,11-12,20H,2-3,8-10,13H2,1H3. The summed E-state index contributed by atoms with van der Waals surface area (Å²) in [6, 6.07) is 13.8. The van der Waals surface area contributed by atoms with Crippen LogP contribution in [0.25, 0.3) is 0 Å². The maximum absolute atomic E-state index is 3.44. The highest BCUT2D eigenvalue weighted by Crippen LogP contribution is 2.30. The van der Waals surface area contributed by atoms with Gasteiger partial charge in [-0.3, -0.25) is 0 Å². The average Bonchev–Trinajstić information content (AvgIpc) is 2.95. The fourth-order valence-electron chi connectivity index (χ4n) is 3.65. The number of anilines is 2. The van der Waals surface area contributed by atoms with E-state index in [4.69, 9.17) is 0 Å². The molecule has 4 rings (SSSR count). The molecule has 108 valence electrons. The molecule has 0 spiro atoms. The van der Waals surface area contributed by atoms with Gasteiger partial charge in [0.1, 0.15) is 0 Å². The van der Waals surface area contributed by atoms with Crippen LogP contribution < -0.4 is 10.2 Å². The second-order valence-corrected chi connectivity index (χ2v) is 6.33. The summed E-state index contributed by atoms with van der Waals surface area (Å²) in [5, 5.41) is 3.44. The molecule has 0 unspecified atom stereocenters. The van der Waals surface area contributed by atoms with E-state index in [1.54, 1.807) is 0 Å². The van der Waals surface area contributed by atoms with Crippen molar-refractivity contribution in [3.8, 4) is 0 Å². The summed E-state index contributed by atoms with van der Waals surface area (Å²) in [5.74, 6) is 0. The van der Waals surface area contributed by atoms with Crippen molar-refractivity contribution in [3.63, 3.8) is 0 Å². The van der Waals surface area contributed by atoms with Gasteiger partial charge in [-0.15, -0.1) is 0 Å². The van der Waals surface area contributed by atoms with Gasteiger partial charge in [0.2, 0.25) is 0 Å². The number of nitrogens with zero attached hydrogens (tertiary/aromatic N) is 1. The lowest BCUT2D eigenvalue weighted by Gasteiger charge is -2.31. The van der Waals surface area contributed by atoms with Crippen molar-refractivity contribution in [2.75, 3.05) is 23.3 Å². The number of benzene rings is 2. The lowest BCUT2D eigenvalue weighted by molar-refractivity contribution is 0.690. The van der Waals surface area contributed by atoms with E-state index in [0.717, 1.165) is 13.1 Å². The molecule has 0 atom stereocenters. The Hall–Kier alpha value is -1.96. The van der Waals surface area contributed by atoms with Crippen molar-refractivity contribution in [1.29, 1.82) is 0 Å². The van der Waals surface area contributed by atoms with Crippen LogP contribution in [0.3, 0.4) is 0 Å². The molecule has 0 saturated heterocycles. The number of fused-ring (bicyclic) bond motifs is 2. The third kappa shape index (κ3) is 2.39. The summed E-state index contributed by atoms with van der Waals surface area (Å²) in [6.07, 6.45) is 3.66. The second kappa shape index (κ2) is 5.10. The Morgan fingerprint density at radius 3 is 2.95 bits per heavy atom. The molecule has 0 aromatic heterocycles. The van der Waals surface area contributed by atoms with Crippen LogP contribution in [0.4, 0.5) is 11.4 Å². The first-order valence-electron chi connectivity index (χ1n) is 8.00. The number of rotatable bonds is 2. The first kappa shape index (κ1) is 12.8. The molecule has 0 amide bonds. The first-order valence-corrected chi connectivity index (χ1v) is 8.00. The number of aryl methyl sites for hydroxylation is 2. The van der Waals surface area contributed by atoms with E-state index in [-0.39, 0.29) is 0 Å². The quantitative estimate of drug-likeness (QED) is 0.896. The Bertz CT molecular complexity index is 675. The zero-order chi connectivity index (χ0) is 14.2. The Morgan fingerprint density at radius 2 is 2.00 bits per heavy atom. The summed E-state index contributed by atoms with van der Waals surface area (Å²) < 4.78 is 0. The summed E-state index contributed by atoms with van der Waals surface area (Å²) in [6.45, 7) is 5.48. The molecule has 0 aliphatic carbocycles. The fraction of sp³-hybridized carbons (Fsp3) is 0.368. The van der Waals surface area contributed by atoms with Gasteiger partial charge in [-0.2, -0.15) is 0 Å². The van der Waals surface area contributed by atoms with Crippen LogP contribution in [0.2, 0.25) is 0 Å². The van der Waals surface area contributed by atoms with Crippen LogP contribution in [0.1, 0.15) is 28.7 Å². The maximum atomic E-state index is 3.44. The van der Waals surface area contributed by atoms with Gasteiger partial charge < -0.3 is 10.2 Å². The third-order valence-electron chi connectivity index (χ3n) is 4.70. The van der Waals surface area contributed by atoms with Crippen LogP contribution in [-0.4, -0.2) is 13.1 Å². The Kier molecular flexibility index (Phi) is 3.10. The number of hydrogen-bond acceptors (Lipinski definition) is 2. The molecule has 21 heavy (non-hydrogen) atoms. The van der Waals surface area contributed by atoms with Crippen molar-refractivity contribution in [1.82, 2.24) is 0 Å². The molecule has 0 saturated carbocycles. The topological polar surface area (TPSA) is 15.3 Å². The SMILES string of the molecule is Cc1ccc2c(c1)CCCN2Cc1ccc2c(c1)CCN2. The highest BCUT2D eigenvalue weighted by atomic mass is 15.1. The van der Waals surface area contributed by atoms with Gasteiger partial charge in [0.05, 0.1) is 0 Å². The van der Waals surface area contributed by atoms with E-state index in [2.05, 4.69) is 53.5 Å². The molecule has 0 bridgehead atoms. The summed E-state index contributed by atoms with van der Waals surface area (Å²) in [4.78, 5) is 2.54. The predicted octanol–water partition coefficient (Wildman–Crippen LogP) is 3.92. The minimum absolute atomic E-state index is 1.03. The molecule has 0 radical (unpaired) electrons.